The fourth-order valence-corrected chi connectivity index (χ4v) is 7.52. The van der Waals surface area contributed by atoms with E-state index in [0.29, 0.717) is 17.2 Å². The summed E-state index contributed by atoms with van der Waals surface area (Å²) in [5, 5.41) is 12.2. The first-order chi connectivity index (χ1) is 28.2. The van der Waals surface area contributed by atoms with Gasteiger partial charge in [-0.05, 0) is 42.5 Å². The van der Waals surface area contributed by atoms with E-state index < -0.39 is 0 Å². The van der Waals surface area contributed by atoms with Crippen molar-refractivity contribution in [1.29, 1.82) is 5.26 Å². The number of para-hydroxylation sites is 1. The van der Waals surface area contributed by atoms with Crippen LogP contribution in [-0.4, -0.2) is 24.5 Å². The zero-order valence-electron chi connectivity index (χ0n) is 30.7. The van der Waals surface area contributed by atoms with Crippen LogP contribution in [0.2, 0.25) is 0 Å². The van der Waals surface area contributed by atoms with E-state index in [0.717, 1.165) is 83.6 Å². The third kappa shape index (κ3) is 6.29. The van der Waals surface area contributed by atoms with Crippen LogP contribution >= 0.6 is 0 Å². The molecule has 3 aromatic heterocycles. The van der Waals surface area contributed by atoms with E-state index in [9.17, 15) is 5.26 Å². The van der Waals surface area contributed by atoms with Gasteiger partial charge in [-0.1, -0.05) is 152 Å². The van der Waals surface area contributed by atoms with Crippen molar-refractivity contribution in [2.45, 2.75) is 0 Å². The summed E-state index contributed by atoms with van der Waals surface area (Å²) in [6.45, 7) is 0. The lowest BCUT2D eigenvalue weighted by molar-refractivity contribution is 1.15. The molecule has 57 heavy (non-hydrogen) atoms. The van der Waals surface area contributed by atoms with E-state index in [4.69, 9.17) is 19.9 Å². The summed E-state index contributed by atoms with van der Waals surface area (Å²) in [6, 6.07) is 67.8. The Morgan fingerprint density at radius 2 is 0.842 bits per heavy atom. The Morgan fingerprint density at radius 1 is 0.368 bits per heavy atom. The van der Waals surface area contributed by atoms with Crippen molar-refractivity contribution in [3.63, 3.8) is 0 Å². The van der Waals surface area contributed by atoms with Crippen molar-refractivity contribution in [2.24, 2.45) is 0 Å². The average Bonchev–Trinajstić information content (AvgIpc) is 3.63. The normalized spacial score (nSPS) is 11.1. The van der Waals surface area contributed by atoms with Gasteiger partial charge in [-0.2, -0.15) is 5.26 Å². The minimum atomic E-state index is 0.590. The largest absolute Gasteiger partial charge is 0.309 e. The summed E-state index contributed by atoms with van der Waals surface area (Å²) in [5.41, 5.74) is 12.3. The highest BCUT2D eigenvalue weighted by atomic mass is 15.0. The Kier molecular flexibility index (Phi) is 8.44. The van der Waals surface area contributed by atoms with E-state index >= 15 is 0 Å². The summed E-state index contributed by atoms with van der Waals surface area (Å²) in [4.78, 5) is 20.7. The number of fused-ring (bicyclic) bond motifs is 3. The van der Waals surface area contributed by atoms with Gasteiger partial charge in [0.15, 0.2) is 11.6 Å². The molecule has 0 saturated heterocycles. The molecule has 6 nitrogen and oxygen atoms in total. The van der Waals surface area contributed by atoms with Crippen molar-refractivity contribution >= 4 is 21.8 Å². The Balaban J connectivity index is 1.28. The fourth-order valence-electron chi connectivity index (χ4n) is 7.52. The third-order valence-corrected chi connectivity index (χ3v) is 10.3. The van der Waals surface area contributed by atoms with Crippen LogP contribution < -0.4 is 0 Å². The van der Waals surface area contributed by atoms with Crippen LogP contribution in [0.25, 0.3) is 95.3 Å². The van der Waals surface area contributed by atoms with Gasteiger partial charge < -0.3 is 4.57 Å². The molecule has 0 aliphatic carbocycles. The highest BCUT2D eigenvalue weighted by molar-refractivity contribution is 6.10. The number of hydrogen-bond donors (Lipinski definition) is 0. The molecule has 3 heterocycles. The predicted molar refractivity (Wildman–Crippen MR) is 229 cm³/mol. The molecule has 0 unspecified atom stereocenters. The molecule has 0 spiro atoms. The van der Waals surface area contributed by atoms with Crippen LogP contribution in [0, 0.1) is 11.3 Å². The topological polar surface area (TPSA) is 80.3 Å². The van der Waals surface area contributed by atoms with Crippen molar-refractivity contribution in [3.05, 3.63) is 200 Å². The molecular formula is C51H32N6. The summed E-state index contributed by atoms with van der Waals surface area (Å²) in [7, 11) is 0. The highest BCUT2D eigenvalue weighted by Crippen LogP contribution is 2.40. The maximum Gasteiger partial charge on any atom is 0.160 e. The van der Waals surface area contributed by atoms with E-state index in [2.05, 4.69) is 89.5 Å². The van der Waals surface area contributed by atoms with Crippen molar-refractivity contribution < 1.29 is 0 Å². The second kappa shape index (κ2) is 14.3. The van der Waals surface area contributed by atoms with Gasteiger partial charge in [-0.25, -0.2) is 19.9 Å². The van der Waals surface area contributed by atoms with Gasteiger partial charge in [0, 0.05) is 44.2 Å². The van der Waals surface area contributed by atoms with Gasteiger partial charge in [0.25, 0.3) is 0 Å². The second-order valence-corrected chi connectivity index (χ2v) is 13.8. The van der Waals surface area contributed by atoms with E-state index in [1.165, 1.54) is 0 Å². The molecule has 0 saturated carbocycles. The molecule has 6 heteroatoms. The van der Waals surface area contributed by atoms with Gasteiger partial charge in [-0.3, -0.25) is 0 Å². The number of hydrogen-bond acceptors (Lipinski definition) is 5. The first-order valence-corrected chi connectivity index (χ1v) is 18.8. The Hall–Kier alpha value is -8.01. The molecule has 7 aromatic carbocycles. The average molecular weight is 729 g/mol. The predicted octanol–water partition coefficient (Wildman–Crippen LogP) is 12.2. The Morgan fingerprint density at radius 3 is 1.42 bits per heavy atom. The second-order valence-electron chi connectivity index (χ2n) is 13.8. The molecule has 0 N–H and O–H groups in total. The lowest BCUT2D eigenvalue weighted by Crippen LogP contribution is -2.02. The van der Waals surface area contributed by atoms with E-state index in [1.54, 1.807) is 0 Å². The van der Waals surface area contributed by atoms with Crippen molar-refractivity contribution in [1.82, 2.24) is 24.5 Å². The molecule has 10 rings (SSSR count). The lowest BCUT2D eigenvalue weighted by atomic mass is 9.99. The highest BCUT2D eigenvalue weighted by Gasteiger charge is 2.21. The zero-order valence-corrected chi connectivity index (χ0v) is 30.7. The molecule has 0 bridgehead atoms. The van der Waals surface area contributed by atoms with Crippen LogP contribution in [-0.2, 0) is 0 Å². The quantitative estimate of drug-likeness (QED) is 0.163. The minimum Gasteiger partial charge on any atom is -0.309 e. The summed E-state index contributed by atoms with van der Waals surface area (Å²) in [6.07, 6.45) is 0. The molecule has 0 fully saturated rings. The number of benzene rings is 7. The fraction of sp³-hybridized carbons (Fsp3) is 0. The molecule has 0 aliphatic heterocycles. The monoisotopic (exact) mass is 728 g/mol. The van der Waals surface area contributed by atoms with Crippen LogP contribution in [0.1, 0.15) is 5.56 Å². The SMILES string of the molecule is N#Cc1ccc2c3ccccc3n(-c3ccc(-c4cc(-c5ccccc5)nc(-c5ccccc5)n4)cc3-c3cc(-c4ccccc4)nc(-c4ccccc4)n3)c2c1. The molecule has 0 aliphatic rings. The van der Waals surface area contributed by atoms with Crippen molar-refractivity contribution in [2.75, 3.05) is 0 Å². The molecule has 266 valence electrons. The molecule has 0 amide bonds. The van der Waals surface area contributed by atoms with Gasteiger partial charge in [0.2, 0.25) is 0 Å². The summed E-state index contributed by atoms with van der Waals surface area (Å²) >= 11 is 0. The Labute approximate surface area is 329 Å². The van der Waals surface area contributed by atoms with Crippen LogP contribution in [0.5, 0.6) is 0 Å². The van der Waals surface area contributed by atoms with Gasteiger partial charge in [0.1, 0.15) is 0 Å². The first kappa shape index (κ1) is 33.6. The standard InChI is InChI=1S/C51H32N6/c52-33-34-25-27-41-40-23-13-14-24-47(40)57(49(41)29-34)48-28-26-39(45-31-43(35-15-5-1-6-16-35)53-50(55-45)37-19-9-3-10-20-37)30-42(48)46-32-44(36-17-7-2-8-18-36)54-51(56-46)38-21-11-4-12-22-38/h1-32H. The number of rotatable bonds is 7. The van der Waals surface area contributed by atoms with Gasteiger partial charge >= 0.3 is 0 Å². The van der Waals surface area contributed by atoms with Crippen molar-refractivity contribution in [3.8, 4) is 79.6 Å². The van der Waals surface area contributed by atoms with E-state index in [1.807, 2.05) is 115 Å². The third-order valence-electron chi connectivity index (χ3n) is 10.3. The molecular weight excluding hydrogens is 697 g/mol. The summed E-state index contributed by atoms with van der Waals surface area (Å²) < 4.78 is 2.25. The smallest absolute Gasteiger partial charge is 0.160 e. The van der Waals surface area contributed by atoms with E-state index in [-0.39, 0.29) is 0 Å². The maximum absolute atomic E-state index is 10.0. The number of nitriles is 1. The maximum atomic E-state index is 10.0. The van der Waals surface area contributed by atoms with Crippen LogP contribution in [0.3, 0.4) is 0 Å². The first-order valence-electron chi connectivity index (χ1n) is 18.8. The number of nitrogens with zero attached hydrogens (tertiary/aromatic N) is 6. The van der Waals surface area contributed by atoms with Crippen LogP contribution in [0.15, 0.2) is 194 Å². The zero-order chi connectivity index (χ0) is 38.1. The van der Waals surface area contributed by atoms with Crippen LogP contribution in [0.4, 0.5) is 0 Å². The van der Waals surface area contributed by atoms with Gasteiger partial charge in [0.05, 0.1) is 51.1 Å². The summed E-state index contributed by atoms with van der Waals surface area (Å²) in [5.74, 6) is 1.26. The van der Waals surface area contributed by atoms with Gasteiger partial charge in [-0.15, -0.1) is 0 Å². The lowest BCUT2D eigenvalue weighted by Gasteiger charge is -2.17. The number of aromatic nitrogens is 5. The molecule has 0 atom stereocenters. The molecule has 10 aromatic rings. The minimum absolute atomic E-state index is 0.590. The Bertz CT molecular complexity index is 3000. The molecule has 0 radical (unpaired) electrons.